The quantitative estimate of drug-likeness (QED) is 0.619. The number of carbonyl (C=O) groups excluding carboxylic acids is 1. The standard InChI is InChI=1S/C15H17ClN4O3/c1-17-12-13(16)19-8-20-14(12)18-7-9-4-5-10(15(21)23-3)11(6-9)22-2/h4-6,8,17H,7H2,1-3H3,(H,18,19,20). The summed E-state index contributed by atoms with van der Waals surface area (Å²) in [6.07, 6.45) is 1.38. The molecule has 0 radical (unpaired) electrons. The van der Waals surface area contributed by atoms with Gasteiger partial charge in [0.1, 0.15) is 23.3 Å². The fraction of sp³-hybridized carbons (Fsp3) is 0.267. The number of halogens is 1. The van der Waals surface area contributed by atoms with E-state index in [2.05, 4.69) is 20.6 Å². The predicted molar refractivity (Wildman–Crippen MR) is 88.2 cm³/mol. The van der Waals surface area contributed by atoms with Crippen LogP contribution in [-0.2, 0) is 11.3 Å². The third kappa shape index (κ3) is 3.81. The Morgan fingerprint density at radius 2 is 2.09 bits per heavy atom. The lowest BCUT2D eigenvalue weighted by Crippen LogP contribution is -2.08. The molecule has 0 atom stereocenters. The summed E-state index contributed by atoms with van der Waals surface area (Å²) in [4.78, 5) is 19.7. The van der Waals surface area contributed by atoms with E-state index in [1.807, 2.05) is 6.07 Å². The number of esters is 1. The van der Waals surface area contributed by atoms with Crippen molar-refractivity contribution < 1.29 is 14.3 Å². The Balaban J connectivity index is 2.18. The Morgan fingerprint density at radius 1 is 1.30 bits per heavy atom. The summed E-state index contributed by atoms with van der Waals surface area (Å²) in [6.45, 7) is 0.472. The van der Waals surface area contributed by atoms with Crippen LogP contribution in [0.1, 0.15) is 15.9 Å². The molecule has 0 saturated carbocycles. The molecule has 0 amide bonds. The molecule has 0 spiro atoms. The lowest BCUT2D eigenvalue weighted by atomic mass is 10.1. The van der Waals surface area contributed by atoms with Crippen LogP contribution in [0.15, 0.2) is 24.5 Å². The molecule has 23 heavy (non-hydrogen) atoms. The number of rotatable bonds is 6. The summed E-state index contributed by atoms with van der Waals surface area (Å²) in [5, 5.41) is 6.45. The molecule has 0 aliphatic rings. The third-order valence-electron chi connectivity index (χ3n) is 3.18. The Labute approximate surface area is 139 Å². The molecule has 0 unspecified atom stereocenters. The van der Waals surface area contributed by atoms with Crippen LogP contribution in [0.3, 0.4) is 0 Å². The molecule has 2 aromatic rings. The van der Waals surface area contributed by atoms with Gasteiger partial charge in [-0.25, -0.2) is 14.8 Å². The highest BCUT2D eigenvalue weighted by Crippen LogP contribution is 2.26. The van der Waals surface area contributed by atoms with Crippen LogP contribution in [0, 0.1) is 0 Å². The van der Waals surface area contributed by atoms with Gasteiger partial charge in [0.15, 0.2) is 11.0 Å². The summed E-state index contributed by atoms with van der Waals surface area (Å²) in [7, 11) is 4.57. The number of nitrogens with zero attached hydrogens (tertiary/aromatic N) is 2. The maximum Gasteiger partial charge on any atom is 0.341 e. The molecule has 2 N–H and O–H groups in total. The van der Waals surface area contributed by atoms with Crippen molar-refractivity contribution >= 4 is 29.1 Å². The van der Waals surface area contributed by atoms with E-state index in [0.717, 1.165) is 5.56 Å². The number of nitrogens with one attached hydrogen (secondary N) is 2. The summed E-state index contributed by atoms with van der Waals surface area (Å²) in [5.41, 5.74) is 1.90. The van der Waals surface area contributed by atoms with Gasteiger partial charge in [0.25, 0.3) is 0 Å². The van der Waals surface area contributed by atoms with Crippen LogP contribution in [0.5, 0.6) is 5.75 Å². The predicted octanol–water partition coefficient (Wildman–Crippen LogP) is 2.58. The largest absolute Gasteiger partial charge is 0.496 e. The van der Waals surface area contributed by atoms with E-state index in [-0.39, 0.29) is 0 Å². The summed E-state index contributed by atoms with van der Waals surface area (Å²) >= 11 is 6.01. The van der Waals surface area contributed by atoms with E-state index in [4.69, 9.17) is 21.1 Å². The van der Waals surface area contributed by atoms with Gasteiger partial charge in [0.2, 0.25) is 0 Å². The maximum atomic E-state index is 11.6. The molecule has 1 aromatic carbocycles. The summed E-state index contributed by atoms with van der Waals surface area (Å²) in [6, 6.07) is 5.23. The maximum absolute atomic E-state index is 11.6. The van der Waals surface area contributed by atoms with Crippen molar-refractivity contribution in [2.75, 3.05) is 31.9 Å². The first-order valence-corrected chi connectivity index (χ1v) is 7.15. The first-order valence-electron chi connectivity index (χ1n) is 6.78. The minimum atomic E-state index is -0.443. The lowest BCUT2D eigenvalue weighted by molar-refractivity contribution is 0.0597. The fourth-order valence-electron chi connectivity index (χ4n) is 2.03. The van der Waals surface area contributed by atoms with Crippen molar-refractivity contribution in [3.63, 3.8) is 0 Å². The van der Waals surface area contributed by atoms with Crippen molar-refractivity contribution in [1.82, 2.24) is 9.97 Å². The number of carbonyl (C=O) groups is 1. The SMILES string of the molecule is CNc1c(Cl)ncnc1NCc1ccc(C(=O)OC)c(OC)c1. The van der Waals surface area contributed by atoms with Crippen LogP contribution < -0.4 is 15.4 Å². The van der Waals surface area contributed by atoms with E-state index >= 15 is 0 Å². The van der Waals surface area contributed by atoms with Crippen LogP contribution in [0.25, 0.3) is 0 Å². The van der Waals surface area contributed by atoms with Crippen molar-refractivity contribution in [2.24, 2.45) is 0 Å². The highest BCUT2D eigenvalue weighted by atomic mass is 35.5. The van der Waals surface area contributed by atoms with E-state index in [9.17, 15) is 4.79 Å². The zero-order valence-electron chi connectivity index (χ0n) is 13.0. The monoisotopic (exact) mass is 336 g/mol. The average Bonchev–Trinajstić information content (AvgIpc) is 2.59. The van der Waals surface area contributed by atoms with Crippen LogP contribution in [0.2, 0.25) is 5.15 Å². The molecule has 1 heterocycles. The molecule has 0 aliphatic carbocycles. The van der Waals surface area contributed by atoms with Crippen LogP contribution in [0.4, 0.5) is 11.5 Å². The normalized spacial score (nSPS) is 10.1. The minimum absolute atomic E-state index is 0.337. The zero-order chi connectivity index (χ0) is 16.8. The first-order chi connectivity index (χ1) is 11.1. The molecule has 1 aromatic heterocycles. The van der Waals surface area contributed by atoms with Gasteiger partial charge < -0.3 is 20.1 Å². The van der Waals surface area contributed by atoms with E-state index in [1.54, 1.807) is 19.2 Å². The average molecular weight is 337 g/mol. The van der Waals surface area contributed by atoms with Crippen molar-refractivity contribution in [1.29, 1.82) is 0 Å². The van der Waals surface area contributed by atoms with E-state index in [1.165, 1.54) is 20.5 Å². The van der Waals surface area contributed by atoms with Crippen molar-refractivity contribution in [3.05, 3.63) is 40.8 Å². The second-order valence-corrected chi connectivity index (χ2v) is 4.88. The van der Waals surface area contributed by atoms with Crippen LogP contribution >= 0.6 is 11.6 Å². The lowest BCUT2D eigenvalue weighted by Gasteiger charge is -2.13. The smallest absolute Gasteiger partial charge is 0.341 e. The van der Waals surface area contributed by atoms with Crippen molar-refractivity contribution in [2.45, 2.75) is 6.54 Å². The minimum Gasteiger partial charge on any atom is -0.496 e. The molecule has 122 valence electrons. The number of hydrogen-bond acceptors (Lipinski definition) is 7. The van der Waals surface area contributed by atoms with Gasteiger partial charge in [-0.15, -0.1) is 0 Å². The molecule has 0 bridgehead atoms. The molecule has 2 rings (SSSR count). The number of benzene rings is 1. The van der Waals surface area contributed by atoms with Gasteiger partial charge in [0.05, 0.1) is 14.2 Å². The highest BCUT2D eigenvalue weighted by Gasteiger charge is 2.13. The van der Waals surface area contributed by atoms with Crippen molar-refractivity contribution in [3.8, 4) is 5.75 Å². The van der Waals surface area contributed by atoms with Gasteiger partial charge in [-0.1, -0.05) is 17.7 Å². The van der Waals surface area contributed by atoms with Gasteiger partial charge in [-0.2, -0.15) is 0 Å². The highest BCUT2D eigenvalue weighted by molar-refractivity contribution is 6.32. The summed E-state index contributed by atoms with van der Waals surface area (Å²) < 4.78 is 9.95. The topological polar surface area (TPSA) is 85.4 Å². The third-order valence-corrected chi connectivity index (χ3v) is 3.47. The molecular formula is C15H17ClN4O3. The van der Waals surface area contributed by atoms with E-state index in [0.29, 0.717) is 34.5 Å². The molecule has 7 nitrogen and oxygen atoms in total. The van der Waals surface area contributed by atoms with Crippen LogP contribution in [-0.4, -0.2) is 37.2 Å². The molecule has 0 fully saturated rings. The Bertz CT molecular complexity index is 709. The number of aromatic nitrogens is 2. The van der Waals surface area contributed by atoms with Gasteiger partial charge in [-0.05, 0) is 17.7 Å². The van der Waals surface area contributed by atoms with Gasteiger partial charge >= 0.3 is 5.97 Å². The fourth-order valence-corrected chi connectivity index (χ4v) is 2.26. The van der Waals surface area contributed by atoms with E-state index < -0.39 is 5.97 Å². The first kappa shape index (κ1) is 16.8. The molecular weight excluding hydrogens is 320 g/mol. The Morgan fingerprint density at radius 3 is 2.74 bits per heavy atom. The molecule has 0 aliphatic heterocycles. The second kappa shape index (κ2) is 7.64. The second-order valence-electron chi connectivity index (χ2n) is 4.52. The zero-order valence-corrected chi connectivity index (χ0v) is 13.8. The Hall–Kier alpha value is -2.54. The summed E-state index contributed by atoms with van der Waals surface area (Å²) in [5.74, 6) is 0.593. The Kier molecular flexibility index (Phi) is 5.59. The molecule has 0 saturated heterocycles. The van der Waals surface area contributed by atoms with Gasteiger partial charge in [0, 0.05) is 13.6 Å². The van der Waals surface area contributed by atoms with Gasteiger partial charge in [-0.3, -0.25) is 0 Å². The number of methoxy groups -OCH3 is 2. The number of ether oxygens (including phenoxy) is 2. The molecule has 8 heteroatoms. The number of anilines is 2. The number of hydrogen-bond donors (Lipinski definition) is 2.